The van der Waals surface area contributed by atoms with Gasteiger partial charge in [0.1, 0.15) is 22.9 Å². The molecule has 7 nitrogen and oxygen atoms in total. The van der Waals surface area contributed by atoms with Crippen molar-refractivity contribution in [2.24, 2.45) is 4.99 Å². The normalized spacial score (nSPS) is 17.5. The molecule has 0 unspecified atom stereocenters. The number of hydrogen-bond acceptors (Lipinski definition) is 4. The molecule has 0 radical (unpaired) electrons. The van der Waals surface area contributed by atoms with E-state index in [0.717, 1.165) is 0 Å². The van der Waals surface area contributed by atoms with Crippen molar-refractivity contribution < 1.29 is 18.7 Å². The van der Waals surface area contributed by atoms with Crippen molar-refractivity contribution in [1.82, 2.24) is 10.2 Å². The number of benzene rings is 2. The van der Waals surface area contributed by atoms with Gasteiger partial charge in [0.15, 0.2) is 0 Å². The molecule has 0 bridgehead atoms. The van der Waals surface area contributed by atoms with Gasteiger partial charge < -0.3 is 20.3 Å². The molecule has 1 spiro atoms. The Labute approximate surface area is 177 Å². The predicted octanol–water partition coefficient (Wildman–Crippen LogP) is 3.43. The summed E-state index contributed by atoms with van der Waals surface area (Å²) in [4.78, 5) is 31.4. The van der Waals surface area contributed by atoms with E-state index in [1.165, 1.54) is 19.2 Å². The monoisotopic (exact) mass is 430 g/mol. The average Bonchev–Trinajstić information content (AvgIpc) is 3.04. The molecule has 2 aliphatic heterocycles. The van der Waals surface area contributed by atoms with E-state index >= 15 is 0 Å². The fraction of sp³-hybridized carbons (Fsp3) is 0.286. The third kappa shape index (κ3) is 3.95. The summed E-state index contributed by atoms with van der Waals surface area (Å²) in [6, 6.07) is 10.5. The van der Waals surface area contributed by atoms with Gasteiger partial charge in [0, 0.05) is 36.5 Å². The molecular formula is C21H20ClFN4O3. The van der Waals surface area contributed by atoms with Crippen LogP contribution in [0.5, 0.6) is 5.75 Å². The molecule has 0 saturated carbocycles. The number of piperidine rings is 1. The van der Waals surface area contributed by atoms with E-state index in [1.54, 1.807) is 35.2 Å². The summed E-state index contributed by atoms with van der Waals surface area (Å²) < 4.78 is 18.8. The molecule has 2 aromatic carbocycles. The van der Waals surface area contributed by atoms with Gasteiger partial charge in [0.2, 0.25) is 0 Å². The van der Waals surface area contributed by atoms with Crippen molar-refractivity contribution in [3.8, 4) is 5.75 Å². The zero-order chi connectivity index (χ0) is 21.3. The van der Waals surface area contributed by atoms with Crippen LogP contribution >= 0.6 is 11.6 Å². The summed E-state index contributed by atoms with van der Waals surface area (Å²) in [5, 5.41) is 6.21. The second kappa shape index (κ2) is 7.95. The number of hydrogen-bond donors (Lipinski definition) is 2. The van der Waals surface area contributed by atoms with Gasteiger partial charge in [-0.2, -0.15) is 0 Å². The van der Waals surface area contributed by atoms with Crippen LogP contribution in [0.3, 0.4) is 0 Å². The lowest BCUT2D eigenvalue weighted by molar-refractivity contribution is -0.115. The van der Waals surface area contributed by atoms with Crippen LogP contribution < -0.4 is 15.4 Å². The number of nitrogens with zero attached hydrogens (tertiary/aromatic N) is 2. The maximum Gasteiger partial charge on any atom is 0.321 e. The highest BCUT2D eigenvalue weighted by molar-refractivity contribution is 6.46. The van der Waals surface area contributed by atoms with Gasteiger partial charge in [-0.05, 0) is 30.3 Å². The molecule has 1 saturated heterocycles. The number of urea groups is 1. The molecule has 2 heterocycles. The number of methoxy groups -OCH3 is 1. The second-order valence-corrected chi connectivity index (χ2v) is 7.65. The van der Waals surface area contributed by atoms with Crippen LogP contribution in [-0.4, -0.2) is 48.4 Å². The van der Waals surface area contributed by atoms with Gasteiger partial charge in [0.25, 0.3) is 5.91 Å². The zero-order valence-corrected chi connectivity index (χ0v) is 17.0. The standard InChI is InChI=1S/C21H20ClFN4O3/c1-30-17-6-5-14(22)12-16(17)24-20(29)27-9-7-21(8-10-27)25-18(19(28)26-21)13-3-2-4-15(23)11-13/h2-6,11-12H,7-10H2,1H3,(H,24,29)(H,26,28). The van der Waals surface area contributed by atoms with E-state index in [4.69, 9.17) is 16.3 Å². The number of anilines is 1. The Morgan fingerprint density at radius 3 is 2.73 bits per heavy atom. The van der Waals surface area contributed by atoms with Crippen molar-refractivity contribution in [2.45, 2.75) is 18.5 Å². The maximum absolute atomic E-state index is 13.5. The number of carbonyl (C=O) groups is 2. The molecular weight excluding hydrogens is 411 g/mol. The molecule has 30 heavy (non-hydrogen) atoms. The Kier molecular flexibility index (Phi) is 5.34. The quantitative estimate of drug-likeness (QED) is 0.782. The van der Waals surface area contributed by atoms with E-state index in [9.17, 15) is 14.0 Å². The van der Waals surface area contributed by atoms with E-state index in [-0.39, 0.29) is 17.6 Å². The zero-order valence-electron chi connectivity index (χ0n) is 16.2. The van der Waals surface area contributed by atoms with Crippen LogP contribution in [-0.2, 0) is 4.79 Å². The first-order chi connectivity index (χ1) is 14.4. The van der Waals surface area contributed by atoms with E-state index in [2.05, 4.69) is 15.6 Å². The number of halogens is 2. The Balaban J connectivity index is 1.44. The number of ether oxygens (including phenoxy) is 1. The van der Waals surface area contributed by atoms with Crippen LogP contribution in [0.25, 0.3) is 0 Å². The predicted molar refractivity (Wildman–Crippen MR) is 112 cm³/mol. The summed E-state index contributed by atoms with van der Waals surface area (Å²) in [5.41, 5.74) is 0.369. The summed E-state index contributed by atoms with van der Waals surface area (Å²) in [6.45, 7) is 0.795. The first kappa shape index (κ1) is 20.2. The van der Waals surface area contributed by atoms with Gasteiger partial charge >= 0.3 is 6.03 Å². The number of aliphatic imine (C=N–C) groups is 1. The molecule has 3 amide bonds. The molecule has 0 aromatic heterocycles. The largest absolute Gasteiger partial charge is 0.495 e. The highest BCUT2D eigenvalue weighted by Crippen LogP contribution is 2.31. The number of likely N-dealkylation sites (tertiary alicyclic amines) is 1. The number of nitrogens with one attached hydrogen (secondary N) is 2. The smallest absolute Gasteiger partial charge is 0.321 e. The van der Waals surface area contributed by atoms with Gasteiger partial charge in [-0.15, -0.1) is 0 Å². The summed E-state index contributed by atoms with van der Waals surface area (Å²) in [7, 11) is 1.51. The molecule has 1 fully saturated rings. The highest BCUT2D eigenvalue weighted by Gasteiger charge is 2.43. The third-order valence-corrected chi connectivity index (χ3v) is 5.50. The number of amides is 3. The van der Waals surface area contributed by atoms with Crippen molar-refractivity contribution in [3.63, 3.8) is 0 Å². The number of carbonyl (C=O) groups excluding carboxylic acids is 2. The Hall–Kier alpha value is -3.13. The van der Waals surface area contributed by atoms with Crippen molar-refractivity contribution in [3.05, 3.63) is 58.9 Å². The van der Waals surface area contributed by atoms with E-state index in [1.807, 2.05) is 0 Å². The summed E-state index contributed by atoms with van der Waals surface area (Å²) >= 11 is 6.01. The fourth-order valence-electron chi connectivity index (χ4n) is 3.68. The van der Waals surface area contributed by atoms with Gasteiger partial charge in [-0.1, -0.05) is 23.7 Å². The maximum atomic E-state index is 13.5. The Morgan fingerprint density at radius 2 is 2.03 bits per heavy atom. The third-order valence-electron chi connectivity index (χ3n) is 5.27. The molecule has 4 rings (SSSR count). The van der Waals surface area contributed by atoms with Crippen LogP contribution in [0.4, 0.5) is 14.9 Å². The Morgan fingerprint density at radius 1 is 1.27 bits per heavy atom. The van der Waals surface area contributed by atoms with E-state index < -0.39 is 11.5 Å². The van der Waals surface area contributed by atoms with Crippen molar-refractivity contribution in [2.75, 3.05) is 25.5 Å². The topological polar surface area (TPSA) is 83.0 Å². The molecule has 0 atom stereocenters. The van der Waals surface area contributed by atoms with Gasteiger partial charge in [-0.25, -0.2) is 9.18 Å². The first-order valence-corrected chi connectivity index (χ1v) is 9.85. The molecule has 156 valence electrons. The van der Waals surface area contributed by atoms with Crippen LogP contribution in [0.1, 0.15) is 18.4 Å². The lowest BCUT2D eigenvalue weighted by atomic mass is 9.98. The minimum Gasteiger partial charge on any atom is -0.495 e. The molecule has 2 N–H and O–H groups in total. The van der Waals surface area contributed by atoms with Crippen molar-refractivity contribution in [1.29, 1.82) is 0 Å². The first-order valence-electron chi connectivity index (χ1n) is 9.47. The summed E-state index contributed by atoms with van der Waals surface area (Å²) in [6.07, 6.45) is 0.912. The lowest BCUT2D eigenvalue weighted by Crippen LogP contribution is -2.53. The van der Waals surface area contributed by atoms with Gasteiger partial charge in [0.05, 0.1) is 12.8 Å². The lowest BCUT2D eigenvalue weighted by Gasteiger charge is -2.37. The molecule has 0 aliphatic carbocycles. The fourth-order valence-corrected chi connectivity index (χ4v) is 3.86. The molecule has 2 aromatic rings. The number of rotatable bonds is 3. The van der Waals surface area contributed by atoms with Gasteiger partial charge in [-0.3, -0.25) is 9.79 Å². The second-order valence-electron chi connectivity index (χ2n) is 7.22. The highest BCUT2D eigenvalue weighted by atomic mass is 35.5. The van der Waals surface area contributed by atoms with Crippen molar-refractivity contribution >= 4 is 34.9 Å². The molecule has 9 heteroatoms. The Bertz CT molecular complexity index is 1030. The minimum absolute atomic E-state index is 0.219. The SMILES string of the molecule is COc1ccc(Cl)cc1NC(=O)N1CCC2(CC1)N=C(c1cccc(F)c1)C(=O)N2. The molecule has 2 aliphatic rings. The van der Waals surface area contributed by atoms with Crippen LogP contribution in [0, 0.1) is 5.82 Å². The average molecular weight is 431 g/mol. The van der Waals surface area contributed by atoms with Crippen LogP contribution in [0.15, 0.2) is 47.5 Å². The van der Waals surface area contributed by atoms with Crippen LogP contribution in [0.2, 0.25) is 5.02 Å². The van der Waals surface area contributed by atoms with E-state index in [0.29, 0.717) is 48.0 Å². The minimum atomic E-state index is -0.775. The summed E-state index contributed by atoms with van der Waals surface area (Å²) in [5.74, 6) is -0.248.